The Morgan fingerprint density at radius 1 is 0.953 bits per heavy atom. The van der Waals surface area contributed by atoms with Gasteiger partial charge in [0, 0.05) is 43.8 Å². The van der Waals surface area contributed by atoms with Crippen LogP contribution in [0.25, 0.3) is 0 Å². The highest BCUT2D eigenvalue weighted by Crippen LogP contribution is 2.43. The SMILES string of the molecule is COc1cc(C)c(S(=O)(=O)N2CCCCC2COCC(=O)N2CCn3c(nc(CN4CCCCC4)c3C3CC3)C2)c(C)c1. The summed E-state index contributed by atoms with van der Waals surface area (Å²) < 4.78 is 43.0. The van der Waals surface area contributed by atoms with E-state index in [4.69, 9.17) is 14.5 Å². The minimum absolute atomic E-state index is 0.0538. The molecular formula is C32H47N5O5S. The van der Waals surface area contributed by atoms with Crippen LogP contribution >= 0.6 is 0 Å². The number of ether oxygens (including phenoxy) is 2. The molecule has 4 heterocycles. The molecule has 6 rings (SSSR count). The number of hydrogen-bond donors (Lipinski definition) is 0. The fraction of sp³-hybridized carbons (Fsp3) is 0.688. The molecule has 1 aromatic carbocycles. The van der Waals surface area contributed by atoms with Gasteiger partial charge in [-0.2, -0.15) is 4.31 Å². The summed E-state index contributed by atoms with van der Waals surface area (Å²) in [5, 5.41) is 0. The lowest BCUT2D eigenvalue weighted by atomic mass is 10.1. The van der Waals surface area contributed by atoms with Gasteiger partial charge in [-0.05, 0) is 88.7 Å². The molecule has 1 amide bonds. The van der Waals surface area contributed by atoms with Gasteiger partial charge >= 0.3 is 0 Å². The second-order valence-corrected chi connectivity index (χ2v) is 14.6. The van der Waals surface area contributed by atoms with E-state index in [9.17, 15) is 13.2 Å². The van der Waals surface area contributed by atoms with Crippen molar-refractivity contribution in [2.45, 2.75) is 102 Å². The molecule has 10 nitrogen and oxygen atoms in total. The van der Waals surface area contributed by atoms with E-state index in [2.05, 4.69) is 9.47 Å². The minimum atomic E-state index is -3.73. The number of amides is 1. The molecule has 2 aromatic rings. The highest BCUT2D eigenvalue weighted by molar-refractivity contribution is 7.89. The summed E-state index contributed by atoms with van der Waals surface area (Å²) in [6.07, 6.45) is 8.78. The predicted octanol–water partition coefficient (Wildman–Crippen LogP) is 3.97. The molecular weight excluding hydrogens is 566 g/mol. The van der Waals surface area contributed by atoms with Crippen molar-refractivity contribution < 1.29 is 22.7 Å². The highest BCUT2D eigenvalue weighted by atomic mass is 32.2. The summed E-state index contributed by atoms with van der Waals surface area (Å²) in [7, 11) is -2.15. The Bertz CT molecular complexity index is 1410. The normalized spacial score (nSPS) is 22.0. The molecule has 4 aliphatic rings. The van der Waals surface area contributed by atoms with Crippen LogP contribution < -0.4 is 4.74 Å². The van der Waals surface area contributed by atoms with Gasteiger partial charge in [-0.3, -0.25) is 9.69 Å². The molecule has 0 N–H and O–H groups in total. The number of benzene rings is 1. The topological polar surface area (TPSA) is 97.2 Å². The molecule has 1 unspecified atom stereocenters. The summed E-state index contributed by atoms with van der Waals surface area (Å²) in [5.41, 5.74) is 3.96. The van der Waals surface area contributed by atoms with E-state index in [1.807, 2.05) is 18.7 Å². The number of hydrogen-bond acceptors (Lipinski definition) is 7. The molecule has 3 fully saturated rings. The van der Waals surface area contributed by atoms with Crippen molar-refractivity contribution in [1.29, 1.82) is 0 Å². The quantitative estimate of drug-likeness (QED) is 0.400. The molecule has 1 aromatic heterocycles. The maximum Gasteiger partial charge on any atom is 0.249 e. The summed E-state index contributed by atoms with van der Waals surface area (Å²) in [5.74, 6) is 2.19. The van der Waals surface area contributed by atoms with Gasteiger partial charge in [0.15, 0.2) is 0 Å². The van der Waals surface area contributed by atoms with E-state index in [-0.39, 0.29) is 25.2 Å². The smallest absolute Gasteiger partial charge is 0.249 e. The Morgan fingerprint density at radius 3 is 2.37 bits per heavy atom. The van der Waals surface area contributed by atoms with E-state index in [1.54, 1.807) is 23.5 Å². The van der Waals surface area contributed by atoms with E-state index in [0.29, 0.717) is 53.7 Å². The van der Waals surface area contributed by atoms with Gasteiger partial charge in [-0.25, -0.2) is 13.4 Å². The molecule has 2 saturated heterocycles. The van der Waals surface area contributed by atoms with Crippen molar-refractivity contribution in [1.82, 2.24) is 23.7 Å². The summed E-state index contributed by atoms with van der Waals surface area (Å²) in [6.45, 7) is 9.35. The van der Waals surface area contributed by atoms with Gasteiger partial charge < -0.3 is 18.9 Å². The largest absolute Gasteiger partial charge is 0.497 e. The van der Waals surface area contributed by atoms with Gasteiger partial charge in [-0.1, -0.05) is 12.8 Å². The van der Waals surface area contributed by atoms with Crippen LogP contribution in [0, 0.1) is 13.8 Å². The first-order valence-electron chi connectivity index (χ1n) is 16.1. The van der Waals surface area contributed by atoms with Crippen molar-refractivity contribution in [3.05, 3.63) is 40.5 Å². The monoisotopic (exact) mass is 613 g/mol. The number of likely N-dealkylation sites (tertiary alicyclic amines) is 1. The van der Waals surface area contributed by atoms with Crippen molar-refractivity contribution >= 4 is 15.9 Å². The predicted molar refractivity (Wildman–Crippen MR) is 164 cm³/mol. The number of methoxy groups -OCH3 is 1. The van der Waals surface area contributed by atoms with Gasteiger partial charge in [-0.15, -0.1) is 0 Å². The van der Waals surface area contributed by atoms with Crippen LogP contribution in [0.15, 0.2) is 17.0 Å². The lowest BCUT2D eigenvalue weighted by Gasteiger charge is -2.35. The number of nitrogens with zero attached hydrogens (tertiary/aromatic N) is 5. The average molecular weight is 614 g/mol. The van der Waals surface area contributed by atoms with Crippen LogP contribution in [0.1, 0.15) is 85.6 Å². The Kier molecular flexibility index (Phi) is 9.14. The average Bonchev–Trinajstić information content (AvgIpc) is 3.77. The van der Waals surface area contributed by atoms with Crippen molar-refractivity contribution in [2.75, 3.05) is 46.5 Å². The molecule has 0 bridgehead atoms. The Balaban J connectivity index is 1.08. The number of rotatable bonds is 10. The Labute approximate surface area is 256 Å². The maximum atomic E-state index is 13.8. The Hall–Kier alpha value is -2.47. The zero-order valence-electron chi connectivity index (χ0n) is 26.0. The van der Waals surface area contributed by atoms with Gasteiger partial charge in [0.25, 0.3) is 0 Å². The fourth-order valence-corrected chi connectivity index (χ4v) is 9.36. The molecule has 1 atom stereocenters. The highest BCUT2D eigenvalue weighted by Gasteiger charge is 2.37. The lowest BCUT2D eigenvalue weighted by molar-refractivity contribution is -0.138. The van der Waals surface area contributed by atoms with Crippen molar-refractivity contribution in [2.24, 2.45) is 0 Å². The zero-order chi connectivity index (χ0) is 30.1. The molecule has 1 saturated carbocycles. The van der Waals surface area contributed by atoms with Crippen LogP contribution in [0.3, 0.4) is 0 Å². The number of piperidine rings is 2. The van der Waals surface area contributed by atoms with E-state index >= 15 is 0 Å². The van der Waals surface area contributed by atoms with Crippen LogP contribution in [-0.2, 0) is 39.2 Å². The van der Waals surface area contributed by atoms with Crippen LogP contribution in [-0.4, -0.2) is 90.5 Å². The second-order valence-electron chi connectivity index (χ2n) is 12.8. The summed E-state index contributed by atoms with van der Waals surface area (Å²) in [4.78, 5) is 23.1. The number of fused-ring (bicyclic) bond motifs is 1. The van der Waals surface area contributed by atoms with Gasteiger partial charge in [0.1, 0.15) is 18.2 Å². The van der Waals surface area contributed by atoms with Crippen LogP contribution in [0.4, 0.5) is 0 Å². The van der Waals surface area contributed by atoms with Gasteiger partial charge in [0.2, 0.25) is 15.9 Å². The number of sulfonamides is 1. The van der Waals surface area contributed by atoms with E-state index < -0.39 is 10.0 Å². The number of aromatic nitrogens is 2. The standard InChI is InChI=1S/C32H47N5O5S/c1-23-17-27(41-3)18-24(2)32(23)43(39,40)37-14-8-5-9-26(37)21-42-22-30(38)35-15-16-36-29(20-35)33-28(31(36)25-10-11-25)19-34-12-6-4-7-13-34/h17-18,25-26H,4-16,19-22H2,1-3H3. The molecule has 0 spiro atoms. The summed E-state index contributed by atoms with van der Waals surface area (Å²) in [6, 6.07) is 3.23. The van der Waals surface area contributed by atoms with Gasteiger partial charge in [0.05, 0.1) is 30.9 Å². The molecule has 1 aliphatic carbocycles. The first-order chi connectivity index (χ1) is 20.8. The third-order valence-corrected chi connectivity index (χ3v) is 11.8. The van der Waals surface area contributed by atoms with Crippen LogP contribution in [0.5, 0.6) is 5.75 Å². The van der Waals surface area contributed by atoms with E-state index in [0.717, 1.165) is 44.8 Å². The van der Waals surface area contributed by atoms with Crippen LogP contribution in [0.2, 0.25) is 0 Å². The lowest BCUT2D eigenvalue weighted by Crippen LogP contribution is -2.47. The van der Waals surface area contributed by atoms with Crippen molar-refractivity contribution in [3.63, 3.8) is 0 Å². The third-order valence-electron chi connectivity index (χ3n) is 9.57. The minimum Gasteiger partial charge on any atom is -0.497 e. The second kappa shape index (κ2) is 12.9. The molecule has 0 radical (unpaired) electrons. The summed E-state index contributed by atoms with van der Waals surface area (Å²) >= 11 is 0. The first-order valence-corrected chi connectivity index (χ1v) is 17.5. The Morgan fingerprint density at radius 2 is 1.67 bits per heavy atom. The van der Waals surface area contributed by atoms with Crippen molar-refractivity contribution in [3.8, 4) is 5.75 Å². The van der Waals surface area contributed by atoms with E-state index in [1.165, 1.54) is 43.5 Å². The number of carbonyl (C=O) groups is 1. The fourth-order valence-electron chi connectivity index (χ4n) is 7.26. The number of imidazole rings is 1. The molecule has 236 valence electrons. The first kappa shape index (κ1) is 30.6. The zero-order valence-corrected chi connectivity index (χ0v) is 26.8. The molecule has 11 heteroatoms. The third kappa shape index (κ3) is 6.50. The number of aryl methyl sites for hydroxylation is 2. The number of carbonyl (C=O) groups excluding carboxylic acids is 1. The molecule has 3 aliphatic heterocycles. The molecule has 43 heavy (non-hydrogen) atoms. The maximum absolute atomic E-state index is 13.8.